The van der Waals surface area contributed by atoms with Gasteiger partial charge in [-0.05, 0) is 64.0 Å². The van der Waals surface area contributed by atoms with Gasteiger partial charge in [-0.3, -0.25) is 14.4 Å². The number of aliphatic hydroxyl groups is 1. The third-order valence-electron chi connectivity index (χ3n) is 5.86. The average Bonchev–Trinajstić information content (AvgIpc) is 2.74. The molecule has 2 rings (SSSR count). The molecule has 3 N–H and O–H groups in total. The highest BCUT2D eigenvalue weighted by Gasteiger charge is 2.28. The van der Waals surface area contributed by atoms with Crippen LogP contribution in [0.2, 0.25) is 0 Å². The van der Waals surface area contributed by atoms with Crippen LogP contribution in [0.25, 0.3) is 0 Å². The van der Waals surface area contributed by atoms with Gasteiger partial charge in [-0.1, -0.05) is 19.1 Å². The number of phenols is 1. The smallest absolute Gasteiger partial charge is 0.255 e. The van der Waals surface area contributed by atoms with E-state index in [0.29, 0.717) is 48.1 Å². The van der Waals surface area contributed by atoms with Gasteiger partial charge in [-0.15, -0.1) is 0 Å². The first kappa shape index (κ1) is 23.5. The predicted molar refractivity (Wildman–Crippen MR) is 115 cm³/mol. The number of benzene rings is 1. The molecular weight excluding hydrogens is 382 g/mol. The molecule has 1 amide bonds. The van der Waals surface area contributed by atoms with E-state index in [1.807, 2.05) is 6.92 Å². The molecule has 0 heterocycles. The van der Waals surface area contributed by atoms with Gasteiger partial charge in [0.2, 0.25) is 0 Å². The molecule has 6 heteroatoms. The van der Waals surface area contributed by atoms with Crippen molar-refractivity contribution in [1.82, 2.24) is 5.32 Å². The van der Waals surface area contributed by atoms with Crippen LogP contribution in [0.3, 0.4) is 0 Å². The molecule has 162 valence electrons. The Morgan fingerprint density at radius 1 is 1.03 bits per heavy atom. The van der Waals surface area contributed by atoms with Gasteiger partial charge in [0.05, 0.1) is 5.56 Å². The van der Waals surface area contributed by atoms with Gasteiger partial charge < -0.3 is 15.5 Å². The van der Waals surface area contributed by atoms with Gasteiger partial charge >= 0.3 is 0 Å². The average molecular weight is 414 g/mol. The van der Waals surface area contributed by atoms with E-state index >= 15 is 0 Å². The predicted octanol–water partition coefficient (Wildman–Crippen LogP) is 3.34. The summed E-state index contributed by atoms with van der Waals surface area (Å²) in [5.41, 5.74) is 2.23. The molecule has 1 aliphatic carbocycles. The fourth-order valence-corrected chi connectivity index (χ4v) is 3.75. The van der Waals surface area contributed by atoms with Gasteiger partial charge in [0, 0.05) is 35.4 Å². The molecule has 0 fully saturated rings. The molecule has 0 aliphatic heterocycles. The first-order valence-corrected chi connectivity index (χ1v) is 10.3. The van der Waals surface area contributed by atoms with Gasteiger partial charge in [0.1, 0.15) is 5.75 Å². The van der Waals surface area contributed by atoms with Crippen molar-refractivity contribution in [3.63, 3.8) is 0 Å². The Hall–Kier alpha value is -2.73. The van der Waals surface area contributed by atoms with E-state index in [9.17, 15) is 24.6 Å². The van der Waals surface area contributed by atoms with Crippen molar-refractivity contribution in [2.24, 2.45) is 11.8 Å². The number of amides is 1. The van der Waals surface area contributed by atoms with Gasteiger partial charge in [-0.2, -0.15) is 0 Å². The minimum Gasteiger partial charge on any atom is -0.507 e. The van der Waals surface area contributed by atoms with E-state index in [4.69, 9.17) is 0 Å². The number of nitrogens with one attached hydrogen (secondary N) is 1. The monoisotopic (exact) mass is 413 g/mol. The van der Waals surface area contributed by atoms with E-state index in [0.717, 1.165) is 0 Å². The molecule has 6 nitrogen and oxygen atoms in total. The van der Waals surface area contributed by atoms with Crippen molar-refractivity contribution in [2.75, 3.05) is 13.2 Å². The van der Waals surface area contributed by atoms with Crippen LogP contribution >= 0.6 is 0 Å². The second-order valence-corrected chi connectivity index (χ2v) is 8.17. The second kappa shape index (κ2) is 10.3. The summed E-state index contributed by atoms with van der Waals surface area (Å²) in [5, 5.41) is 22.1. The van der Waals surface area contributed by atoms with E-state index < -0.39 is 0 Å². The Morgan fingerprint density at radius 3 is 2.30 bits per heavy atom. The molecule has 1 aromatic rings. The number of aromatic hydroxyl groups is 1. The van der Waals surface area contributed by atoms with E-state index in [2.05, 4.69) is 5.32 Å². The normalized spacial score (nSPS) is 16.7. The summed E-state index contributed by atoms with van der Waals surface area (Å²) in [7, 11) is 0. The number of carbonyl (C=O) groups is 3. The molecule has 0 spiro atoms. The third-order valence-corrected chi connectivity index (χ3v) is 5.86. The Labute approximate surface area is 177 Å². The number of hydrogen-bond donors (Lipinski definition) is 3. The lowest BCUT2D eigenvalue weighted by Crippen LogP contribution is -2.31. The number of para-hydroxylation sites is 1. The minimum atomic E-state index is -0.372. The number of aliphatic hydroxyl groups excluding tert-OH is 1. The number of allylic oxidation sites excluding steroid dienone is 4. The molecule has 0 saturated carbocycles. The number of ketones is 2. The van der Waals surface area contributed by atoms with Crippen LogP contribution in [0.5, 0.6) is 5.75 Å². The van der Waals surface area contributed by atoms with Gasteiger partial charge in [0.25, 0.3) is 5.91 Å². The summed E-state index contributed by atoms with van der Waals surface area (Å²) in [6, 6.07) is 6.33. The number of Topliss-reactive ketones (excluding diaryl/α,β-unsaturated/α-hetero) is 2. The SMILES string of the molecule is CC1=C(C)C(=O)C(CCC(CNC(=O)c2ccccc2O)CC(C)CO)=C(C)C1=O. The highest BCUT2D eigenvalue weighted by atomic mass is 16.3. The summed E-state index contributed by atoms with van der Waals surface area (Å²) in [6.45, 7) is 7.35. The number of rotatable bonds is 9. The standard InChI is InChI=1S/C24H31NO5/c1-14(13-26)11-18(12-25-24(30)20-7-5-6-8-21(20)27)9-10-19-17(4)22(28)15(2)16(3)23(19)29/h5-8,14,18,26-27H,9-13H2,1-4H3,(H,25,30). The maximum atomic E-state index is 12.7. The van der Waals surface area contributed by atoms with Crippen LogP contribution in [0, 0.1) is 11.8 Å². The first-order valence-electron chi connectivity index (χ1n) is 10.3. The van der Waals surface area contributed by atoms with Crippen molar-refractivity contribution in [3.05, 3.63) is 52.1 Å². The molecular formula is C24H31NO5. The Bertz CT molecular complexity index is 897. The quantitative estimate of drug-likeness (QED) is 0.539. The largest absolute Gasteiger partial charge is 0.507 e. The van der Waals surface area contributed by atoms with Crippen LogP contribution in [0.15, 0.2) is 46.6 Å². The minimum absolute atomic E-state index is 0.0115. The summed E-state index contributed by atoms with van der Waals surface area (Å²) in [6.07, 6.45) is 1.71. The van der Waals surface area contributed by atoms with Crippen molar-refractivity contribution < 1.29 is 24.6 Å². The molecule has 1 aliphatic rings. The maximum Gasteiger partial charge on any atom is 0.255 e. The topological polar surface area (TPSA) is 104 Å². The van der Waals surface area contributed by atoms with Crippen molar-refractivity contribution in [3.8, 4) is 5.75 Å². The number of phenolic OH excluding ortho intramolecular Hbond substituents is 1. The first-order chi connectivity index (χ1) is 14.2. The lowest BCUT2D eigenvalue weighted by Gasteiger charge is -2.23. The van der Waals surface area contributed by atoms with Crippen molar-refractivity contribution in [2.45, 2.75) is 47.0 Å². The number of hydrogen-bond acceptors (Lipinski definition) is 5. The fourth-order valence-electron chi connectivity index (χ4n) is 3.75. The molecule has 1 aromatic carbocycles. The van der Waals surface area contributed by atoms with Crippen LogP contribution in [-0.4, -0.2) is 40.8 Å². The van der Waals surface area contributed by atoms with Crippen LogP contribution in [-0.2, 0) is 9.59 Å². The Balaban J connectivity index is 2.08. The zero-order valence-electron chi connectivity index (χ0n) is 18.1. The van der Waals surface area contributed by atoms with Crippen molar-refractivity contribution in [1.29, 1.82) is 0 Å². The maximum absolute atomic E-state index is 12.7. The molecule has 30 heavy (non-hydrogen) atoms. The lowest BCUT2D eigenvalue weighted by atomic mass is 9.82. The Morgan fingerprint density at radius 2 is 1.67 bits per heavy atom. The van der Waals surface area contributed by atoms with E-state index in [-0.39, 0.29) is 47.2 Å². The highest BCUT2D eigenvalue weighted by molar-refractivity contribution is 6.24. The van der Waals surface area contributed by atoms with E-state index in [1.165, 1.54) is 6.07 Å². The van der Waals surface area contributed by atoms with E-state index in [1.54, 1.807) is 39.0 Å². The van der Waals surface area contributed by atoms with Gasteiger partial charge in [-0.25, -0.2) is 0 Å². The van der Waals surface area contributed by atoms with Crippen molar-refractivity contribution >= 4 is 17.5 Å². The van der Waals surface area contributed by atoms with Crippen LogP contribution < -0.4 is 5.32 Å². The molecule has 0 bridgehead atoms. The molecule has 0 radical (unpaired) electrons. The molecule has 0 saturated heterocycles. The van der Waals surface area contributed by atoms with Crippen LogP contribution in [0.1, 0.15) is 57.3 Å². The summed E-state index contributed by atoms with van der Waals surface area (Å²) < 4.78 is 0. The number of carbonyl (C=O) groups excluding carboxylic acids is 3. The summed E-state index contributed by atoms with van der Waals surface area (Å²) >= 11 is 0. The summed E-state index contributed by atoms with van der Waals surface area (Å²) in [4.78, 5) is 37.5. The zero-order valence-corrected chi connectivity index (χ0v) is 18.1. The zero-order chi connectivity index (χ0) is 22.4. The fraction of sp³-hybridized carbons (Fsp3) is 0.458. The second-order valence-electron chi connectivity index (χ2n) is 8.17. The third kappa shape index (κ3) is 5.45. The highest BCUT2D eigenvalue weighted by Crippen LogP contribution is 2.29. The Kier molecular flexibility index (Phi) is 8.12. The molecule has 2 atom stereocenters. The molecule has 0 aromatic heterocycles. The molecule has 2 unspecified atom stereocenters. The van der Waals surface area contributed by atoms with Gasteiger partial charge in [0.15, 0.2) is 11.6 Å². The lowest BCUT2D eigenvalue weighted by molar-refractivity contribution is -0.116. The summed E-state index contributed by atoms with van der Waals surface area (Å²) in [5.74, 6) is -0.576. The van der Waals surface area contributed by atoms with Crippen LogP contribution in [0.4, 0.5) is 0 Å².